The summed E-state index contributed by atoms with van der Waals surface area (Å²) in [5.41, 5.74) is 0. The van der Waals surface area contributed by atoms with E-state index in [4.69, 9.17) is 4.52 Å². The molecule has 1 fully saturated rings. The molecule has 0 bridgehead atoms. The Kier molecular flexibility index (Phi) is 3.96. The average molecular weight is 252 g/mol. The lowest BCUT2D eigenvalue weighted by Crippen LogP contribution is -2.42. The molecule has 6 heteroatoms. The SMILES string of the molecule is Cc1nc(C2CCN(C(=O)CN(C)C)CC2)no1. The van der Waals surface area contributed by atoms with Crippen molar-refractivity contribution >= 4 is 5.91 Å². The summed E-state index contributed by atoms with van der Waals surface area (Å²) in [6, 6.07) is 0. The van der Waals surface area contributed by atoms with Crippen LogP contribution < -0.4 is 0 Å². The van der Waals surface area contributed by atoms with Gasteiger partial charge in [0.15, 0.2) is 5.82 Å². The molecule has 0 N–H and O–H groups in total. The van der Waals surface area contributed by atoms with Crippen LogP contribution in [0.25, 0.3) is 0 Å². The Hall–Kier alpha value is -1.43. The largest absolute Gasteiger partial charge is 0.342 e. The number of carbonyl (C=O) groups is 1. The van der Waals surface area contributed by atoms with Crippen LogP contribution in [0.15, 0.2) is 4.52 Å². The van der Waals surface area contributed by atoms with Gasteiger partial charge in [-0.3, -0.25) is 4.79 Å². The van der Waals surface area contributed by atoms with Crippen molar-refractivity contribution in [2.75, 3.05) is 33.7 Å². The fraction of sp³-hybridized carbons (Fsp3) is 0.750. The van der Waals surface area contributed by atoms with Gasteiger partial charge in [-0.1, -0.05) is 5.16 Å². The summed E-state index contributed by atoms with van der Waals surface area (Å²) in [4.78, 5) is 20.0. The standard InChI is InChI=1S/C12H20N4O2/c1-9-13-12(14-18-9)10-4-6-16(7-5-10)11(17)8-15(2)3/h10H,4-8H2,1-3H3. The lowest BCUT2D eigenvalue weighted by molar-refractivity contribution is -0.132. The van der Waals surface area contributed by atoms with Crippen molar-refractivity contribution in [1.29, 1.82) is 0 Å². The predicted molar refractivity (Wildman–Crippen MR) is 66.1 cm³/mol. The number of hydrogen-bond acceptors (Lipinski definition) is 5. The normalized spacial score (nSPS) is 17.4. The smallest absolute Gasteiger partial charge is 0.236 e. The lowest BCUT2D eigenvalue weighted by atomic mass is 9.96. The van der Waals surface area contributed by atoms with Crippen LogP contribution >= 0.6 is 0 Å². The number of aryl methyl sites for hydroxylation is 1. The van der Waals surface area contributed by atoms with Crippen LogP contribution in [0.4, 0.5) is 0 Å². The second-order valence-electron chi connectivity index (χ2n) is 5.06. The quantitative estimate of drug-likeness (QED) is 0.790. The minimum atomic E-state index is 0.197. The van der Waals surface area contributed by atoms with Crippen LogP contribution in [0.3, 0.4) is 0 Å². The number of likely N-dealkylation sites (N-methyl/N-ethyl adjacent to an activating group) is 1. The second kappa shape index (κ2) is 5.48. The number of amides is 1. The molecule has 1 saturated heterocycles. The van der Waals surface area contributed by atoms with Crippen molar-refractivity contribution in [3.8, 4) is 0 Å². The Labute approximate surface area is 107 Å². The number of carbonyl (C=O) groups excluding carboxylic acids is 1. The van der Waals surface area contributed by atoms with Crippen molar-refractivity contribution in [2.24, 2.45) is 0 Å². The Morgan fingerprint density at radius 3 is 2.61 bits per heavy atom. The molecule has 0 saturated carbocycles. The third kappa shape index (κ3) is 3.07. The van der Waals surface area contributed by atoms with E-state index in [9.17, 15) is 4.79 Å². The number of likely N-dealkylation sites (tertiary alicyclic amines) is 1. The van der Waals surface area contributed by atoms with Crippen LogP contribution in [-0.4, -0.2) is 59.6 Å². The molecular weight excluding hydrogens is 232 g/mol. The third-order valence-electron chi connectivity index (χ3n) is 3.21. The van der Waals surface area contributed by atoms with E-state index in [0.29, 0.717) is 18.4 Å². The van der Waals surface area contributed by atoms with Gasteiger partial charge in [0.25, 0.3) is 0 Å². The fourth-order valence-corrected chi connectivity index (χ4v) is 2.24. The zero-order valence-corrected chi connectivity index (χ0v) is 11.2. The number of rotatable bonds is 3. The summed E-state index contributed by atoms with van der Waals surface area (Å²) in [7, 11) is 3.82. The highest BCUT2D eigenvalue weighted by atomic mass is 16.5. The maximum Gasteiger partial charge on any atom is 0.236 e. The highest BCUT2D eigenvalue weighted by Gasteiger charge is 2.26. The summed E-state index contributed by atoms with van der Waals surface area (Å²) < 4.78 is 5.00. The Bertz CT molecular complexity index is 408. The first-order valence-electron chi connectivity index (χ1n) is 6.29. The Morgan fingerprint density at radius 2 is 2.11 bits per heavy atom. The summed E-state index contributed by atoms with van der Waals surface area (Å²) in [6.45, 7) is 3.84. The molecule has 0 radical (unpaired) electrons. The molecule has 2 heterocycles. The van der Waals surface area contributed by atoms with Gasteiger partial charge < -0.3 is 14.3 Å². The maximum atomic E-state index is 11.9. The monoisotopic (exact) mass is 252 g/mol. The van der Waals surface area contributed by atoms with Gasteiger partial charge in [-0.05, 0) is 26.9 Å². The summed E-state index contributed by atoms with van der Waals surface area (Å²) in [6.07, 6.45) is 1.83. The minimum Gasteiger partial charge on any atom is -0.342 e. The van der Waals surface area contributed by atoms with E-state index >= 15 is 0 Å². The fourth-order valence-electron chi connectivity index (χ4n) is 2.24. The molecule has 1 aliphatic rings. The van der Waals surface area contributed by atoms with E-state index in [1.807, 2.05) is 23.9 Å². The van der Waals surface area contributed by atoms with Gasteiger partial charge in [0.05, 0.1) is 6.54 Å². The average Bonchev–Trinajstić information content (AvgIpc) is 2.75. The molecule has 1 aliphatic heterocycles. The highest BCUT2D eigenvalue weighted by molar-refractivity contribution is 5.78. The molecule has 0 aliphatic carbocycles. The molecule has 0 spiro atoms. The number of piperidine rings is 1. The van der Waals surface area contributed by atoms with E-state index in [0.717, 1.165) is 31.8 Å². The summed E-state index contributed by atoms with van der Waals surface area (Å²) >= 11 is 0. The first-order valence-corrected chi connectivity index (χ1v) is 6.29. The molecule has 18 heavy (non-hydrogen) atoms. The number of nitrogens with zero attached hydrogens (tertiary/aromatic N) is 4. The molecule has 2 rings (SSSR count). The van der Waals surface area contributed by atoms with Crippen molar-refractivity contribution in [3.05, 3.63) is 11.7 Å². The summed E-state index contributed by atoms with van der Waals surface area (Å²) in [5.74, 6) is 1.91. The van der Waals surface area contributed by atoms with Crippen molar-refractivity contribution < 1.29 is 9.32 Å². The third-order valence-corrected chi connectivity index (χ3v) is 3.21. The minimum absolute atomic E-state index is 0.197. The van der Waals surface area contributed by atoms with Crippen LogP contribution in [0.5, 0.6) is 0 Å². The first-order chi connectivity index (χ1) is 8.56. The lowest BCUT2D eigenvalue weighted by Gasteiger charge is -2.31. The second-order valence-corrected chi connectivity index (χ2v) is 5.06. The van der Waals surface area contributed by atoms with Crippen LogP contribution in [-0.2, 0) is 4.79 Å². The zero-order chi connectivity index (χ0) is 13.1. The molecule has 0 atom stereocenters. The van der Waals surface area contributed by atoms with E-state index in [1.54, 1.807) is 6.92 Å². The Balaban J connectivity index is 1.86. The van der Waals surface area contributed by atoms with E-state index in [1.165, 1.54) is 0 Å². The highest BCUT2D eigenvalue weighted by Crippen LogP contribution is 2.25. The van der Waals surface area contributed by atoms with Gasteiger partial charge in [0.2, 0.25) is 11.8 Å². The van der Waals surface area contributed by atoms with Crippen LogP contribution in [0.1, 0.15) is 30.5 Å². The predicted octanol–water partition coefficient (Wildman–Crippen LogP) is 0.646. The number of hydrogen-bond donors (Lipinski definition) is 0. The van der Waals surface area contributed by atoms with Crippen LogP contribution in [0.2, 0.25) is 0 Å². The molecule has 6 nitrogen and oxygen atoms in total. The van der Waals surface area contributed by atoms with Crippen molar-refractivity contribution in [2.45, 2.75) is 25.7 Å². The Morgan fingerprint density at radius 1 is 1.44 bits per heavy atom. The van der Waals surface area contributed by atoms with E-state index < -0.39 is 0 Å². The first kappa shape index (κ1) is 13.0. The van der Waals surface area contributed by atoms with Gasteiger partial charge in [0.1, 0.15) is 0 Å². The van der Waals surface area contributed by atoms with Gasteiger partial charge in [-0.2, -0.15) is 4.98 Å². The molecule has 1 aromatic heterocycles. The topological polar surface area (TPSA) is 62.5 Å². The number of aromatic nitrogens is 2. The molecule has 0 aromatic carbocycles. The van der Waals surface area contributed by atoms with Gasteiger partial charge in [-0.15, -0.1) is 0 Å². The molecule has 1 aromatic rings. The van der Waals surface area contributed by atoms with Crippen LogP contribution in [0, 0.1) is 6.92 Å². The van der Waals surface area contributed by atoms with Crippen molar-refractivity contribution in [1.82, 2.24) is 19.9 Å². The summed E-state index contributed by atoms with van der Waals surface area (Å²) in [5, 5.41) is 3.96. The molecular formula is C12H20N4O2. The van der Waals surface area contributed by atoms with Crippen molar-refractivity contribution in [3.63, 3.8) is 0 Å². The van der Waals surface area contributed by atoms with E-state index in [-0.39, 0.29) is 5.91 Å². The molecule has 1 amide bonds. The molecule has 0 unspecified atom stereocenters. The zero-order valence-electron chi connectivity index (χ0n) is 11.2. The van der Waals surface area contributed by atoms with Gasteiger partial charge in [-0.25, -0.2) is 0 Å². The molecule has 100 valence electrons. The van der Waals surface area contributed by atoms with E-state index in [2.05, 4.69) is 10.1 Å². The van der Waals surface area contributed by atoms with Gasteiger partial charge >= 0.3 is 0 Å². The maximum absolute atomic E-state index is 11.9. The van der Waals surface area contributed by atoms with Gasteiger partial charge in [0, 0.05) is 25.9 Å².